The van der Waals surface area contributed by atoms with E-state index in [1.54, 1.807) is 0 Å². The highest BCUT2D eigenvalue weighted by molar-refractivity contribution is 7.99. The van der Waals surface area contributed by atoms with Crippen LogP contribution in [0.2, 0.25) is 0 Å². The van der Waals surface area contributed by atoms with Crippen molar-refractivity contribution in [2.24, 2.45) is 0 Å². The van der Waals surface area contributed by atoms with Crippen molar-refractivity contribution in [3.05, 3.63) is 23.8 Å². The van der Waals surface area contributed by atoms with Gasteiger partial charge in [0.25, 0.3) is 0 Å². The second kappa shape index (κ2) is 7.79. The fourth-order valence-electron chi connectivity index (χ4n) is 2.12. The molecule has 2 atom stereocenters. The molecule has 2 rings (SSSR count). The fraction of sp³-hybridized carbons (Fsp3) is 0.625. The van der Waals surface area contributed by atoms with Gasteiger partial charge in [0, 0.05) is 23.5 Å². The number of thioether (sulfide) groups is 1. The zero-order chi connectivity index (χ0) is 14.4. The van der Waals surface area contributed by atoms with Crippen LogP contribution in [0.25, 0.3) is 0 Å². The van der Waals surface area contributed by atoms with Crippen molar-refractivity contribution < 1.29 is 9.47 Å². The summed E-state index contributed by atoms with van der Waals surface area (Å²) in [6, 6.07) is 6.66. The Labute approximate surface area is 126 Å². The molecule has 0 saturated heterocycles. The van der Waals surface area contributed by atoms with Crippen LogP contribution in [0.15, 0.2) is 18.2 Å². The summed E-state index contributed by atoms with van der Waals surface area (Å²) < 4.78 is 11.5. The molecule has 1 aliphatic rings. The van der Waals surface area contributed by atoms with Crippen LogP contribution in [-0.2, 0) is 0 Å². The van der Waals surface area contributed by atoms with Gasteiger partial charge in [0.1, 0.15) is 0 Å². The number of rotatable bonds is 6. The molecule has 1 aromatic rings. The highest BCUT2D eigenvalue weighted by Crippen LogP contribution is 2.33. The molecule has 1 heterocycles. The summed E-state index contributed by atoms with van der Waals surface area (Å²) in [7, 11) is 2.02. The van der Waals surface area contributed by atoms with E-state index < -0.39 is 0 Å². The molecule has 3 nitrogen and oxygen atoms in total. The number of hydrogen-bond donors (Lipinski definition) is 1. The Morgan fingerprint density at radius 1 is 1.25 bits per heavy atom. The summed E-state index contributed by atoms with van der Waals surface area (Å²) in [6.45, 7) is 6.00. The first-order valence-electron chi connectivity index (χ1n) is 7.43. The summed E-state index contributed by atoms with van der Waals surface area (Å²) in [5, 5.41) is 4.10. The molecule has 0 spiro atoms. The molecule has 2 unspecified atom stereocenters. The van der Waals surface area contributed by atoms with Crippen LogP contribution >= 0.6 is 11.8 Å². The predicted molar refractivity (Wildman–Crippen MR) is 86.1 cm³/mol. The minimum absolute atomic E-state index is 0.353. The van der Waals surface area contributed by atoms with Gasteiger partial charge in [-0.2, -0.15) is 11.8 Å². The third-order valence-corrected chi connectivity index (χ3v) is 5.07. The van der Waals surface area contributed by atoms with E-state index in [1.165, 1.54) is 12.0 Å². The average molecular weight is 295 g/mol. The molecular weight excluding hydrogens is 270 g/mol. The van der Waals surface area contributed by atoms with Gasteiger partial charge in [0.2, 0.25) is 0 Å². The lowest BCUT2D eigenvalue weighted by molar-refractivity contribution is 0.297. The lowest BCUT2D eigenvalue weighted by Gasteiger charge is -2.19. The number of fused-ring (bicyclic) bond motifs is 1. The highest BCUT2D eigenvalue weighted by Gasteiger charge is 2.16. The summed E-state index contributed by atoms with van der Waals surface area (Å²) in [5.41, 5.74) is 1.27. The van der Waals surface area contributed by atoms with E-state index in [-0.39, 0.29) is 0 Å². The van der Waals surface area contributed by atoms with Gasteiger partial charge in [-0.15, -0.1) is 0 Å². The third kappa shape index (κ3) is 4.06. The van der Waals surface area contributed by atoms with E-state index in [0.29, 0.717) is 11.3 Å². The van der Waals surface area contributed by atoms with Crippen molar-refractivity contribution >= 4 is 11.8 Å². The van der Waals surface area contributed by atoms with Crippen LogP contribution < -0.4 is 14.8 Å². The standard InChI is InChI=1S/C16H25NO2S/c1-4-12(2)20-11-14(17-3)13-6-7-15-16(10-13)19-9-5-8-18-15/h6-7,10,12,14,17H,4-5,8-9,11H2,1-3H3. The molecule has 0 saturated carbocycles. The topological polar surface area (TPSA) is 30.5 Å². The number of nitrogens with one attached hydrogen (secondary N) is 1. The Morgan fingerprint density at radius 2 is 2.00 bits per heavy atom. The Morgan fingerprint density at radius 3 is 2.70 bits per heavy atom. The van der Waals surface area contributed by atoms with Gasteiger partial charge >= 0.3 is 0 Å². The zero-order valence-corrected chi connectivity index (χ0v) is 13.5. The van der Waals surface area contributed by atoms with Crippen LogP contribution in [-0.4, -0.2) is 31.3 Å². The molecule has 0 radical (unpaired) electrons. The number of ether oxygens (including phenoxy) is 2. The van der Waals surface area contributed by atoms with E-state index in [4.69, 9.17) is 9.47 Å². The minimum Gasteiger partial charge on any atom is -0.490 e. The van der Waals surface area contributed by atoms with Crippen LogP contribution in [0, 0.1) is 0 Å². The maximum atomic E-state index is 5.77. The molecule has 0 amide bonds. The van der Waals surface area contributed by atoms with Gasteiger partial charge in [0.05, 0.1) is 13.2 Å². The van der Waals surface area contributed by atoms with Crippen LogP contribution in [0.1, 0.15) is 38.3 Å². The lowest BCUT2D eigenvalue weighted by Crippen LogP contribution is -2.19. The maximum Gasteiger partial charge on any atom is 0.161 e. The van der Waals surface area contributed by atoms with Crippen LogP contribution in [0.3, 0.4) is 0 Å². The zero-order valence-electron chi connectivity index (χ0n) is 12.6. The molecule has 4 heteroatoms. The molecule has 0 fully saturated rings. The van der Waals surface area contributed by atoms with Gasteiger partial charge < -0.3 is 14.8 Å². The second-order valence-electron chi connectivity index (χ2n) is 5.15. The fourth-order valence-corrected chi connectivity index (χ4v) is 3.24. The van der Waals surface area contributed by atoms with Gasteiger partial charge in [-0.1, -0.05) is 19.9 Å². The minimum atomic E-state index is 0.353. The lowest BCUT2D eigenvalue weighted by atomic mass is 10.1. The second-order valence-corrected chi connectivity index (χ2v) is 6.62. The first kappa shape index (κ1) is 15.5. The molecule has 20 heavy (non-hydrogen) atoms. The monoisotopic (exact) mass is 295 g/mol. The largest absolute Gasteiger partial charge is 0.490 e. The van der Waals surface area contributed by atoms with Crippen molar-refractivity contribution in [1.29, 1.82) is 0 Å². The number of benzene rings is 1. The molecule has 0 bridgehead atoms. The Balaban J connectivity index is 2.07. The molecule has 1 aliphatic heterocycles. The van der Waals surface area contributed by atoms with E-state index in [9.17, 15) is 0 Å². The summed E-state index contributed by atoms with van der Waals surface area (Å²) in [4.78, 5) is 0. The van der Waals surface area contributed by atoms with Crippen molar-refractivity contribution in [1.82, 2.24) is 5.32 Å². The van der Waals surface area contributed by atoms with Gasteiger partial charge in [0.15, 0.2) is 11.5 Å². The highest BCUT2D eigenvalue weighted by atomic mass is 32.2. The van der Waals surface area contributed by atoms with Gasteiger partial charge in [-0.05, 0) is 31.2 Å². The van der Waals surface area contributed by atoms with Gasteiger partial charge in [-0.25, -0.2) is 0 Å². The van der Waals surface area contributed by atoms with E-state index in [2.05, 4.69) is 31.3 Å². The summed E-state index contributed by atoms with van der Waals surface area (Å²) >= 11 is 2.01. The molecular formula is C16H25NO2S. The molecule has 1 N–H and O–H groups in total. The Hall–Kier alpha value is -0.870. The Bertz CT molecular complexity index is 425. The SMILES string of the molecule is CCC(C)SCC(NC)c1ccc2c(c1)OCCCO2. The molecule has 0 aliphatic carbocycles. The summed E-state index contributed by atoms with van der Waals surface area (Å²) in [5.74, 6) is 2.83. The summed E-state index contributed by atoms with van der Waals surface area (Å²) in [6.07, 6.45) is 2.16. The van der Waals surface area contributed by atoms with E-state index in [1.807, 2.05) is 24.9 Å². The van der Waals surface area contributed by atoms with Crippen molar-refractivity contribution in [3.8, 4) is 11.5 Å². The number of hydrogen-bond acceptors (Lipinski definition) is 4. The third-order valence-electron chi connectivity index (χ3n) is 3.64. The normalized spacial score (nSPS) is 17.4. The predicted octanol–water partition coefficient (Wildman–Crippen LogP) is 3.64. The average Bonchev–Trinajstić information content (AvgIpc) is 2.72. The first-order valence-corrected chi connectivity index (χ1v) is 8.48. The van der Waals surface area contributed by atoms with Crippen molar-refractivity contribution in [2.45, 2.75) is 38.0 Å². The van der Waals surface area contributed by atoms with Crippen molar-refractivity contribution in [3.63, 3.8) is 0 Å². The molecule has 0 aromatic heterocycles. The van der Waals surface area contributed by atoms with Gasteiger partial charge in [-0.3, -0.25) is 0 Å². The first-order chi connectivity index (χ1) is 9.74. The molecule has 112 valence electrons. The van der Waals surface area contributed by atoms with Crippen LogP contribution in [0.5, 0.6) is 11.5 Å². The van der Waals surface area contributed by atoms with Crippen LogP contribution in [0.4, 0.5) is 0 Å². The maximum absolute atomic E-state index is 5.77. The Kier molecular flexibility index (Phi) is 6.05. The van der Waals surface area contributed by atoms with Crippen molar-refractivity contribution in [2.75, 3.05) is 26.0 Å². The smallest absolute Gasteiger partial charge is 0.161 e. The molecule has 1 aromatic carbocycles. The quantitative estimate of drug-likeness (QED) is 0.868. The van der Waals surface area contributed by atoms with E-state index in [0.717, 1.165) is 36.9 Å². The van der Waals surface area contributed by atoms with E-state index >= 15 is 0 Å².